The Labute approximate surface area is 68.1 Å². The molecule has 0 aromatic rings. The van der Waals surface area contributed by atoms with Gasteiger partial charge in [-0.1, -0.05) is 18.2 Å². The van der Waals surface area contributed by atoms with Crippen molar-refractivity contribution in [3.8, 4) is 0 Å². The summed E-state index contributed by atoms with van der Waals surface area (Å²) in [5, 5.41) is 0. The maximum Gasteiger partial charge on any atom is 0.418 e. The maximum atomic E-state index is 12.2. The summed E-state index contributed by atoms with van der Waals surface area (Å²) in [7, 11) is 0. The molecule has 1 aliphatic carbocycles. The molecule has 0 bridgehead atoms. The summed E-state index contributed by atoms with van der Waals surface area (Å²) in [6.45, 7) is 0. The molecule has 0 unspecified atom stereocenters. The summed E-state index contributed by atoms with van der Waals surface area (Å²) in [6.07, 6.45) is 1.27. The second-order valence-corrected chi connectivity index (χ2v) is 2.43. The molecule has 0 aromatic carbocycles. The largest absolute Gasteiger partial charge is 0.418 e. The fourth-order valence-electron chi connectivity index (χ4n) is 0.919. The Morgan fingerprint density at radius 3 is 2.50 bits per heavy atom. The highest BCUT2D eigenvalue weighted by atomic mass is 19.4. The summed E-state index contributed by atoms with van der Waals surface area (Å²) < 4.78 is 36.5. The van der Waals surface area contributed by atoms with Gasteiger partial charge in [-0.05, 0) is 6.08 Å². The zero-order valence-electron chi connectivity index (χ0n) is 6.23. The molecule has 4 heteroatoms. The van der Waals surface area contributed by atoms with E-state index in [2.05, 4.69) is 0 Å². The highest BCUT2D eigenvalue weighted by molar-refractivity contribution is 5.34. The van der Waals surface area contributed by atoms with E-state index in [1.165, 1.54) is 6.08 Å². The molecule has 12 heavy (non-hydrogen) atoms. The molecule has 0 atom stereocenters. The average molecular weight is 175 g/mol. The van der Waals surface area contributed by atoms with Gasteiger partial charge in [0.15, 0.2) is 0 Å². The van der Waals surface area contributed by atoms with Crippen molar-refractivity contribution in [2.45, 2.75) is 12.6 Å². The molecule has 0 saturated carbocycles. The van der Waals surface area contributed by atoms with Gasteiger partial charge >= 0.3 is 6.18 Å². The van der Waals surface area contributed by atoms with Gasteiger partial charge in [-0.2, -0.15) is 13.2 Å². The van der Waals surface area contributed by atoms with Crippen LogP contribution < -0.4 is 5.73 Å². The van der Waals surface area contributed by atoms with E-state index >= 15 is 0 Å². The van der Waals surface area contributed by atoms with Gasteiger partial charge in [0.25, 0.3) is 0 Å². The maximum absolute atomic E-state index is 12.2. The SMILES string of the molecule is NC1=C(C(F)(F)F)C=CC=CC1. The average Bonchev–Trinajstić information content (AvgIpc) is 2.11. The summed E-state index contributed by atoms with van der Waals surface area (Å²) in [5.74, 6) is 0. The van der Waals surface area contributed by atoms with Crippen LogP contribution in [-0.4, -0.2) is 6.18 Å². The van der Waals surface area contributed by atoms with E-state index in [1.54, 1.807) is 12.2 Å². The Morgan fingerprint density at radius 2 is 1.92 bits per heavy atom. The fraction of sp³-hybridized carbons (Fsp3) is 0.250. The van der Waals surface area contributed by atoms with E-state index in [-0.39, 0.29) is 12.1 Å². The number of hydrogen-bond acceptors (Lipinski definition) is 1. The van der Waals surface area contributed by atoms with Gasteiger partial charge in [0.05, 0.1) is 5.57 Å². The Hall–Kier alpha value is -1.19. The molecule has 0 fully saturated rings. The Bertz CT molecular complexity index is 258. The van der Waals surface area contributed by atoms with E-state index in [4.69, 9.17) is 5.73 Å². The van der Waals surface area contributed by atoms with E-state index in [0.717, 1.165) is 6.08 Å². The molecular formula is C8H8F3N. The van der Waals surface area contributed by atoms with Crippen LogP contribution in [-0.2, 0) is 0 Å². The van der Waals surface area contributed by atoms with Crippen LogP contribution in [0.1, 0.15) is 6.42 Å². The molecule has 0 aliphatic heterocycles. The molecule has 0 aromatic heterocycles. The lowest BCUT2D eigenvalue weighted by Gasteiger charge is -2.09. The van der Waals surface area contributed by atoms with Crippen molar-refractivity contribution in [2.24, 2.45) is 5.73 Å². The van der Waals surface area contributed by atoms with Crippen LogP contribution >= 0.6 is 0 Å². The first-order valence-electron chi connectivity index (χ1n) is 3.41. The topological polar surface area (TPSA) is 26.0 Å². The molecule has 0 heterocycles. The fourth-order valence-corrected chi connectivity index (χ4v) is 0.919. The minimum atomic E-state index is -4.34. The van der Waals surface area contributed by atoms with Crippen molar-refractivity contribution in [2.75, 3.05) is 0 Å². The zero-order valence-corrected chi connectivity index (χ0v) is 6.23. The highest BCUT2D eigenvalue weighted by Crippen LogP contribution is 2.29. The van der Waals surface area contributed by atoms with E-state index in [0.29, 0.717) is 0 Å². The van der Waals surface area contributed by atoms with Gasteiger partial charge in [0, 0.05) is 12.1 Å². The third-order valence-electron chi connectivity index (χ3n) is 1.50. The molecule has 0 spiro atoms. The van der Waals surface area contributed by atoms with Gasteiger partial charge in [0.2, 0.25) is 0 Å². The van der Waals surface area contributed by atoms with Gasteiger partial charge in [-0.25, -0.2) is 0 Å². The minimum absolute atomic E-state index is 0.132. The first-order valence-corrected chi connectivity index (χ1v) is 3.41. The van der Waals surface area contributed by atoms with Gasteiger partial charge in [-0.15, -0.1) is 0 Å². The summed E-state index contributed by atoms with van der Waals surface area (Å²) in [6, 6.07) is 0. The van der Waals surface area contributed by atoms with Crippen LogP contribution in [0.3, 0.4) is 0 Å². The molecule has 1 aliphatic rings. The number of alkyl halides is 3. The highest BCUT2D eigenvalue weighted by Gasteiger charge is 2.33. The molecule has 66 valence electrons. The smallest absolute Gasteiger partial charge is 0.401 e. The Kier molecular flexibility index (Phi) is 2.26. The molecule has 0 saturated heterocycles. The summed E-state index contributed by atoms with van der Waals surface area (Å²) >= 11 is 0. The van der Waals surface area contributed by atoms with Crippen LogP contribution in [0.25, 0.3) is 0 Å². The Balaban J connectivity index is 3.01. The predicted molar refractivity (Wildman–Crippen MR) is 40.2 cm³/mol. The van der Waals surface area contributed by atoms with Crippen molar-refractivity contribution >= 4 is 0 Å². The van der Waals surface area contributed by atoms with Crippen molar-refractivity contribution in [1.29, 1.82) is 0 Å². The number of hydrogen-bond donors (Lipinski definition) is 1. The standard InChI is InChI=1S/C8H8F3N/c9-8(10,11)6-4-2-1-3-5-7(6)12/h1-4H,5,12H2. The van der Waals surface area contributed by atoms with Gasteiger partial charge < -0.3 is 5.73 Å². The summed E-state index contributed by atoms with van der Waals surface area (Å²) in [5.41, 5.74) is 4.35. The molecular weight excluding hydrogens is 167 g/mol. The second-order valence-electron chi connectivity index (χ2n) is 2.43. The predicted octanol–water partition coefficient (Wildman–Crippen LogP) is 2.28. The molecule has 1 nitrogen and oxygen atoms in total. The lowest BCUT2D eigenvalue weighted by molar-refractivity contribution is -0.0890. The lowest BCUT2D eigenvalue weighted by Crippen LogP contribution is -2.15. The summed E-state index contributed by atoms with van der Waals surface area (Å²) in [4.78, 5) is 0. The normalized spacial score (nSPS) is 18.2. The molecule has 1 rings (SSSR count). The van der Waals surface area contributed by atoms with Gasteiger partial charge in [0.1, 0.15) is 0 Å². The molecule has 2 N–H and O–H groups in total. The van der Waals surface area contributed by atoms with Crippen LogP contribution in [0.2, 0.25) is 0 Å². The Morgan fingerprint density at radius 1 is 1.25 bits per heavy atom. The number of allylic oxidation sites excluding steroid dienone is 5. The van der Waals surface area contributed by atoms with Gasteiger partial charge in [-0.3, -0.25) is 0 Å². The molecule has 0 radical (unpaired) electrons. The second kappa shape index (κ2) is 3.05. The van der Waals surface area contributed by atoms with E-state index in [9.17, 15) is 13.2 Å². The minimum Gasteiger partial charge on any atom is -0.401 e. The van der Waals surface area contributed by atoms with Crippen molar-refractivity contribution < 1.29 is 13.2 Å². The third-order valence-corrected chi connectivity index (χ3v) is 1.50. The van der Waals surface area contributed by atoms with E-state index < -0.39 is 11.7 Å². The first-order chi connectivity index (χ1) is 5.52. The van der Waals surface area contributed by atoms with Crippen molar-refractivity contribution in [3.63, 3.8) is 0 Å². The third kappa shape index (κ3) is 1.90. The number of halogens is 3. The first kappa shape index (κ1) is 8.90. The van der Waals surface area contributed by atoms with Crippen LogP contribution in [0.4, 0.5) is 13.2 Å². The van der Waals surface area contributed by atoms with Crippen LogP contribution in [0.5, 0.6) is 0 Å². The monoisotopic (exact) mass is 175 g/mol. The van der Waals surface area contributed by atoms with Crippen molar-refractivity contribution in [1.82, 2.24) is 0 Å². The molecule has 0 amide bonds. The lowest BCUT2D eigenvalue weighted by atomic mass is 10.1. The van der Waals surface area contributed by atoms with Crippen molar-refractivity contribution in [3.05, 3.63) is 35.6 Å². The quantitative estimate of drug-likeness (QED) is 0.600. The van der Waals surface area contributed by atoms with E-state index in [1.807, 2.05) is 0 Å². The zero-order chi connectivity index (χ0) is 9.19. The van der Waals surface area contributed by atoms with Crippen LogP contribution in [0, 0.1) is 0 Å². The number of rotatable bonds is 0. The van der Waals surface area contributed by atoms with Crippen LogP contribution in [0.15, 0.2) is 35.6 Å². The number of nitrogens with two attached hydrogens (primary N) is 1.